The minimum Gasteiger partial charge on any atom is -0.406 e. The fourth-order valence-electron chi connectivity index (χ4n) is 3.35. The molecular weight excluding hydrogens is 360 g/mol. The molecule has 0 aromatic heterocycles. The largest absolute Gasteiger partial charge is 0.406 e. The lowest BCUT2D eigenvalue weighted by Gasteiger charge is -2.43. The van der Waals surface area contributed by atoms with E-state index < -0.39 is 13.7 Å². The molecule has 2 aromatic carbocycles. The number of Topliss-reactive ketones (excluding diaryl/α,β-unsaturated/α-hetero) is 1. The average Bonchev–Trinajstić information content (AvgIpc) is 2.64. The molecule has 0 spiro atoms. The molecule has 0 heterocycles. The maximum Gasteiger partial charge on any atom is 0.261 e. The summed E-state index contributed by atoms with van der Waals surface area (Å²) in [6.45, 7) is 13.0. The van der Waals surface area contributed by atoms with E-state index in [9.17, 15) is 4.79 Å². The maximum atomic E-state index is 12.0. The molecule has 0 amide bonds. The van der Waals surface area contributed by atoms with Crippen LogP contribution in [0.25, 0.3) is 0 Å². The van der Waals surface area contributed by atoms with Gasteiger partial charge in [0.05, 0.1) is 0 Å². The average molecular weight is 393 g/mol. The lowest BCUT2D eigenvalue weighted by molar-refractivity contribution is -0.120. The summed E-state index contributed by atoms with van der Waals surface area (Å²) in [6, 6.07) is 21.1. The van der Waals surface area contributed by atoms with Crippen LogP contribution in [0.15, 0.2) is 60.7 Å². The van der Waals surface area contributed by atoms with E-state index in [0.29, 0.717) is 13.0 Å². The Morgan fingerprint density at radius 3 is 1.71 bits per heavy atom. The molecule has 2 rings (SSSR count). The highest BCUT2D eigenvalue weighted by molar-refractivity contribution is 6.99. The minimum atomic E-state index is -2.52. The first kappa shape index (κ1) is 22.1. The topological polar surface area (TPSA) is 26.3 Å². The van der Waals surface area contributed by atoms with Crippen LogP contribution in [-0.2, 0) is 9.22 Å². The first-order valence-electron chi connectivity index (χ1n) is 9.87. The zero-order valence-electron chi connectivity index (χ0n) is 18.0. The Labute approximate surface area is 171 Å². The van der Waals surface area contributed by atoms with Crippen LogP contribution >= 0.6 is 0 Å². The Hall–Kier alpha value is -2.15. The Bertz CT molecular complexity index is 792. The molecule has 0 aliphatic carbocycles. The second kappa shape index (κ2) is 8.90. The maximum absolute atomic E-state index is 12.0. The molecule has 0 fully saturated rings. The normalized spacial score (nSPS) is 12.2. The minimum absolute atomic E-state index is 0.0297. The highest BCUT2D eigenvalue weighted by Gasteiger charge is 2.49. The number of carbonyl (C=O) groups excluding carboxylic acids is 1. The lowest BCUT2D eigenvalue weighted by atomic mass is 9.91. The first-order chi connectivity index (χ1) is 13.1. The summed E-state index contributed by atoms with van der Waals surface area (Å²) in [6.07, 6.45) is 0.548. The van der Waals surface area contributed by atoms with Crippen LogP contribution in [0.2, 0.25) is 5.04 Å². The van der Waals surface area contributed by atoms with Crippen molar-refractivity contribution in [3.63, 3.8) is 0 Å². The van der Waals surface area contributed by atoms with E-state index in [-0.39, 0.29) is 10.8 Å². The molecular formula is C25H32O2Si. The zero-order chi connectivity index (χ0) is 20.8. The molecule has 0 radical (unpaired) electrons. The van der Waals surface area contributed by atoms with Crippen molar-refractivity contribution < 1.29 is 9.22 Å². The fraction of sp³-hybridized carbons (Fsp3) is 0.400. The number of hydrogen-bond acceptors (Lipinski definition) is 2. The first-order valence-corrected chi connectivity index (χ1v) is 11.8. The summed E-state index contributed by atoms with van der Waals surface area (Å²) in [5.41, 5.74) is -0.425. The van der Waals surface area contributed by atoms with E-state index in [1.807, 2.05) is 32.9 Å². The van der Waals surface area contributed by atoms with Crippen LogP contribution in [0.5, 0.6) is 0 Å². The Morgan fingerprint density at radius 1 is 0.857 bits per heavy atom. The van der Waals surface area contributed by atoms with Crippen molar-refractivity contribution in [2.75, 3.05) is 6.61 Å². The number of benzene rings is 2. The quantitative estimate of drug-likeness (QED) is 0.322. The molecule has 148 valence electrons. The van der Waals surface area contributed by atoms with Gasteiger partial charge in [0, 0.05) is 18.4 Å². The van der Waals surface area contributed by atoms with Crippen molar-refractivity contribution in [3.05, 3.63) is 60.7 Å². The number of ketones is 1. The van der Waals surface area contributed by atoms with Crippen LogP contribution in [0.4, 0.5) is 0 Å². The van der Waals surface area contributed by atoms with E-state index in [4.69, 9.17) is 4.43 Å². The third-order valence-electron chi connectivity index (χ3n) is 4.85. The standard InChI is InChI=1S/C25H32O2Si/c1-24(2,3)23(26)19-13-14-20-27-28(25(4,5)6,21-15-9-7-10-16-21)22-17-11-8-12-18-22/h7-12,15-18H,14,20H2,1-6H3. The lowest BCUT2D eigenvalue weighted by Crippen LogP contribution is -2.66. The summed E-state index contributed by atoms with van der Waals surface area (Å²) in [5, 5.41) is 2.46. The molecule has 0 saturated heterocycles. The summed E-state index contributed by atoms with van der Waals surface area (Å²) in [7, 11) is -2.52. The van der Waals surface area contributed by atoms with Gasteiger partial charge in [-0.15, -0.1) is 0 Å². The molecule has 0 aliphatic heterocycles. The molecule has 3 heteroatoms. The predicted octanol–water partition coefficient (Wildman–Crippen LogP) is 4.57. The number of carbonyl (C=O) groups is 1. The Morgan fingerprint density at radius 2 is 1.32 bits per heavy atom. The third kappa shape index (κ3) is 5.01. The molecule has 0 unspecified atom stereocenters. The van der Waals surface area contributed by atoms with Gasteiger partial charge in [-0.05, 0) is 21.3 Å². The van der Waals surface area contributed by atoms with E-state index in [1.54, 1.807) is 0 Å². The van der Waals surface area contributed by atoms with Crippen LogP contribution in [-0.4, -0.2) is 20.7 Å². The molecule has 0 N–H and O–H groups in total. The van der Waals surface area contributed by atoms with Crippen molar-refractivity contribution in [1.82, 2.24) is 0 Å². The van der Waals surface area contributed by atoms with Gasteiger partial charge in [-0.2, -0.15) is 0 Å². The van der Waals surface area contributed by atoms with Gasteiger partial charge < -0.3 is 4.43 Å². The Balaban J connectivity index is 2.35. The SMILES string of the molecule is CC(C)(C)C(=O)C#CCCO[Si](c1ccccc1)(c1ccccc1)C(C)(C)C. The van der Waals surface area contributed by atoms with Gasteiger partial charge in [0.1, 0.15) is 0 Å². The molecule has 28 heavy (non-hydrogen) atoms. The molecule has 0 aliphatic rings. The second-order valence-electron chi connectivity index (χ2n) is 9.14. The van der Waals surface area contributed by atoms with Crippen molar-refractivity contribution in [1.29, 1.82) is 0 Å². The van der Waals surface area contributed by atoms with Gasteiger partial charge in [-0.3, -0.25) is 4.79 Å². The van der Waals surface area contributed by atoms with Crippen molar-refractivity contribution >= 4 is 24.5 Å². The second-order valence-corrected chi connectivity index (χ2v) is 13.4. The molecule has 0 atom stereocenters. The van der Waals surface area contributed by atoms with Crippen LogP contribution in [0, 0.1) is 17.3 Å². The van der Waals surface area contributed by atoms with Crippen molar-refractivity contribution in [3.8, 4) is 11.8 Å². The third-order valence-corrected chi connectivity index (χ3v) is 9.89. The molecule has 0 bridgehead atoms. The van der Waals surface area contributed by atoms with Gasteiger partial charge in [-0.1, -0.05) is 108 Å². The fourth-order valence-corrected chi connectivity index (χ4v) is 7.91. The highest BCUT2D eigenvalue weighted by Crippen LogP contribution is 2.36. The van der Waals surface area contributed by atoms with Gasteiger partial charge in [0.25, 0.3) is 8.32 Å². The monoisotopic (exact) mass is 392 g/mol. The Kier molecular flexibility index (Phi) is 7.04. The van der Waals surface area contributed by atoms with Gasteiger partial charge in [-0.25, -0.2) is 0 Å². The summed E-state index contributed by atoms with van der Waals surface area (Å²) >= 11 is 0. The molecule has 2 aromatic rings. The highest BCUT2D eigenvalue weighted by atomic mass is 28.4. The molecule has 2 nitrogen and oxygen atoms in total. The van der Waals surface area contributed by atoms with Crippen LogP contribution in [0.1, 0.15) is 48.0 Å². The van der Waals surface area contributed by atoms with Crippen molar-refractivity contribution in [2.24, 2.45) is 5.41 Å². The zero-order valence-corrected chi connectivity index (χ0v) is 19.0. The van der Waals surface area contributed by atoms with E-state index >= 15 is 0 Å². The number of hydrogen-bond donors (Lipinski definition) is 0. The van der Waals surface area contributed by atoms with E-state index in [2.05, 4.69) is 81.1 Å². The summed E-state index contributed by atoms with van der Waals surface area (Å²) < 4.78 is 6.76. The number of rotatable bonds is 5. The van der Waals surface area contributed by atoms with Crippen LogP contribution in [0.3, 0.4) is 0 Å². The van der Waals surface area contributed by atoms with Crippen LogP contribution < -0.4 is 10.4 Å². The summed E-state index contributed by atoms with van der Waals surface area (Å²) in [4.78, 5) is 12.0. The predicted molar refractivity (Wildman–Crippen MR) is 120 cm³/mol. The van der Waals surface area contributed by atoms with E-state index in [0.717, 1.165) is 0 Å². The van der Waals surface area contributed by atoms with Gasteiger partial charge in [0.15, 0.2) is 0 Å². The van der Waals surface area contributed by atoms with Gasteiger partial charge in [0.2, 0.25) is 5.78 Å². The van der Waals surface area contributed by atoms with E-state index in [1.165, 1.54) is 10.4 Å². The van der Waals surface area contributed by atoms with Crippen molar-refractivity contribution in [2.45, 2.75) is 53.0 Å². The summed E-state index contributed by atoms with van der Waals surface area (Å²) in [5.74, 6) is 5.76. The smallest absolute Gasteiger partial charge is 0.261 e. The molecule has 0 saturated carbocycles. The van der Waals surface area contributed by atoms with Gasteiger partial charge >= 0.3 is 0 Å².